The number of nitrogens with zero attached hydrogens (tertiary/aromatic N) is 4. The number of amides is 2. The van der Waals surface area contributed by atoms with Crippen molar-refractivity contribution >= 4 is 11.7 Å². The molecule has 0 bridgehead atoms. The number of nitrogens with one attached hydrogen (secondary N) is 1. The summed E-state index contributed by atoms with van der Waals surface area (Å²) in [5, 5.41) is 7.21. The van der Waals surface area contributed by atoms with Gasteiger partial charge in [-0.3, -0.25) is 9.78 Å². The number of fused-ring (bicyclic) bond motifs is 1. The van der Waals surface area contributed by atoms with Gasteiger partial charge in [0.1, 0.15) is 5.82 Å². The first-order valence-corrected chi connectivity index (χ1v) is 8.89. The quantitative estimate of drug-likeness (QED) is 0.758. The Kier molecular flexibility index (Phi) is 4.84. The van der Waals surface area contributed by atoms with Gasteiger partial charge in [-0.25, -0.2) is 13.9 Å². The molecule has 0 spiro atoms. The number of pyridine rings is 1. The summed E-state index contributed by atoms with van der Waals surface area (Å²) in [5.41, 5.74) is 2.75. The topological polar surface area (TPSA) is 80.1 Å². The molecule has 0 unspecified atom stereocenters. The second kappa shape index (κ2) is 7.59. The second-order valence-electron chi connectivity index (χ2n) is 6.58. The fourth-order valence-corrected chi connectivity index (χ4v) is 3.13. The lowest BCUT2D eigenvalue weighted by Crippen LogP contribution is -2.40. The van der Waals surface area contributed by atoms with Gasteiger partial charge in [0.25, 0.3) is 5.56 Å². The van der Waals surface area contributed by atoms with E-state index in [1.807, 2.05) is 12.1 Å². The number of hydrogen-bond donors (Lipinski definition) is 1. The Balaban J connectivity index is 1.48. The van der Waals surface area contributed by atoms with E-state index in [1.54, 1.807) is 17.3 Å². The first-order chi connectivity index (χ1) is 13.6. The fraction of sp³-hybridized carbons (Fsp3) is 0.200. The van der Waals surface area contributed by atoms with Crippen molar-refractivity contribution in [2.75, 3.05) is 11.9 Å². The minimum atomic E-state index is -0.362. The van der Waals surface area contributed by atoms with E-state index in [0.29, 0.717) is 31.7 Å². The molecule has 1 aromatic carbocycles. The largest absolute Gasteiger partial charge is 0.322 e. The summed E-state index contributed by atoms with van der Waals surface area (Å²) in [4.78, 5) is 30.5. The van der Waals surface area contributed by atoms with E-state index in [-0.39, 0.29) is 17.4 Å². The second-order valence-corrected chi connectivity index (χ2v) is 6.58. The van der Waals surface area contributed by atoms with E-state index in [4.69, 9.17) is 0 Å². The van der Waals surface area contributed by atoms with Gasteiger partial charge in [-0.05, 0) is 35.9 Å². The molecule has 1 aliphatic rings. The molecule has 0 aliphatic carbocycles. The number of halogens is 1. The van der Waals surface area contributed by atoms with Gasteiger partial charge < -0.3 is 10.2 Å². The lowest BCUT2D eigenvalue weighted by Gasteiger charge is -2.28. The lowest BCUT2D eigenvalue weighted by atomic mass is 10.1. The molecular formula is C20H18FN5O2. The first-order valence-electron chi connectivity index (χ1n) is 8.89. The number of hydrogen-bond acceptors (Lipinski definition) is 4. The van der Waals surface area contributed by atoms with Crippen molar-refractivity contribution in [1.82, 2.24) is 19.7 Å². The van der Waals surface area contributed by atoms with Crippen LogP contribution in [0.25, 0.3) is 0 Å². The van der Waals surface area contributed by atoms with Crippen LogP contribution in [0.1, 0.15) is 16.8 Å². The molecule has 4 rings (SSSR count). The Hall–Kier alpha value is -3.55. The summed E-state index contributed by atoms with van der Waals surface area (Å²) < 4.78 is 14.4. The molecule has 142 valence electrons. The fourth-order valence-electron chi connectivity index (χ4n) is 3.13. The summed E-state index contributed by atoms with van der Waals surface area (Å²) in [7, 11) is 0. The van der Waals surface area contributed by atoms with Gasteiger partial charge in [-0.2, -0.15) is 5.10 Å². The molecule has 2 aromatic heterocycles. The molecule has 1 N–H and O–H groups in total. The average Bonchev–Trinajstić information content (AvgIpc) is 2.71. The van der Waals surface area contributed by atoms with Gasteiger partial charge in [0.05, 0.1) is 12.2 Å². The summed E-state index contributed by atoms with van der Waals surface area (Å²) in [6.45, 7) is 1.14. The maximum Gasteiger partial charge on any atom is 0.322 e. The van der Waals surface area contributed by atoms with Crippen molar-refractivity contribution in [1.29, 1.82) is 0 Å². The van der Waals surface area contributed by atoms with E-state index < -0.39 is 0 Å². The van der Waals surface area contributed by atoms with Crippen LogP contribution in [-0.4, -0.2) is 32.2 Å². The molecule has 28 heavy (non-hydrogen) atoms. The predicted octanol–water partition coefficient (Wildman–Crippen LogP) is 2.42. The third kappa shape index (κ3) is 3.90. The van der Waals surface area contributed by atoms with Crippen LogP contribution in [-0.2, 0) is 19.5 Å². The van der Waals surface area contributed by atoms with Crippen molar-refractivity contribution in [3.05, 3.63) is 87.9 Å². The van der Waals surface area contributed by atoms with Crippen molar-refractivity contribution in [2.24, 2.45) is 0 Å². The number of carbonyl (C=O) groups is 1. The van der Waals surface area contributed by atoms with E-state index in [2.05, 4.69) is 15.4 Å². The zero-order valence-corrected chi connectivity index (χ0v) is 15.0. The van der Waals surface area contributed by atoms with Crippen LogP contribution in [0, 0.1) is 5.82 Å². The number of carbonyl (C=O) groups excluding carboxylic acids is 1. The maximum absolute atomic E-state index is 13.0. The molecule has 3 aromatic rings. The molecule has 2 amide bonds. The SMILES string of the molecule is O=C(Nc1ccc(F)cc1)N1CCc2nn(Cc3cccnc3)c(=O)cc2C1. The van der Waals surface area contributed by atoms with Crippen molar-refractivity contribution < 1.29 is 9.18 Å². The van der Waals surface area contributed by atoms with Gasteiger partial charge >= 0.3 is 6.03 Å². The molecule has 0 saturated heterocycles. The summed E-state index contributed by atoms with van der Waals surface area (Å²) in [6.07, 6.45) is 3.94. The molecule has 7 nitrogen and oxygen atoms in total. The van der Waals surface area contributed by atoms with Crippen LogP contribution >= 0.6 is 0 Å². The monoisotopic (exact) mass is 379 g/mol. The first kappa shape index (κ1) is 17.8. The van der Waals surface area contributed by atoms with Crippen LogP contribution < -0.4 is 10.9 Å². The Labute approximate surface area is 160 Å². The molecule has 0 atom stereocenters. The Morgan fingerprint density at radius 1 is 1.21 bits per heavy atom. The van der Waals surface area contributed by atoms with Gasteiger partial charge in [-0.1, -0.05) is 6.07 Å². The van der Waals surface area contributed by atoms with Gasteiger partial charge in [0.2, 0.25) is 0 Å². The minimum absolute atomic E-state index is 0.219. The van der Waals surface area contributed by atoms with Crippen molar-refractivity contribution in [3.8, 4) is 0 Å². The molecule has 0 fully saturated rings. The van der Waals surface area contributed by atoms with Crippen LogP contribution in [0.4, 0.5) is 14.9 Å². The highest BCUT2D eigenvalue weighted by atomic mass is 19.1. The van der Waals surface area contributed by atoms with Gasteiger partial charge in [0.15, 0.2) is 0 Å². The van der Waals surface area contributed by atoms with Crippen LogP contribution in [0.2, 0.25) is 0 Å². The zero-order valence-electron chi connectivity index (χ0n) is 15.0. The zero-order chi connectivity index (χ0) is 19.5. The molecule has 3 heterocycles. The minimum Gasteiger partial charge on any atom is -0.320 e. The van der Waals surface area contributed by atoms with Gasteiger partial charge in [0, 0.05) is 49.2 Å². The third-order valence-electron chi connectivity index (χ3n) is 4.58. The molecule has 0 saturated carbocycles. The number of urea groups is 1. The number of benzene rings is 1. The highest BCUT2D eigenvalue weighted by Crippen LogP contribution is 2.17. The molecule has 0 radical (unpaired) electrons. The Morgan fingerprint density at radius 3 is 2.79 bits per heavy atom. The Morgan fingerprint density at radius 2 is 2.04 bits per heavy atom. The smallest absolute Gasteiger partial charge is 0.320 e. The van der Waals surface area contributed by atoms with Crippen molar-refractivity contribution in [3.63, 3.8) is 0 Å². The van der Waals surface area contributed by atoms with Crippen LogP contribution in [0.3, 0.4) is 0 Å². The molecule has 1 aliphatic heterocycles. The predicted molar refractivity (Wildman–Crippen MR) is 101 cm³/mol. The maximum atomic E-state index is 13.0. The highest BCUT2D eigenvalue weighted by Gasteiger charge is 2.23. The summed E-state index contributed by atoms with van der Waals surface area (Å²) in [6, 6.07) is 10.5. The van der Waals surface area contributed by atoms with E-state index >= 15 is 0 Å². The standard InChI is InChI=1S/C20H18FN5O2/c21-16-3-5-17(6-4-16)23-20(28)25-9-7-18-15(13-25)10-19(27)26(24-18)12-14-2-1-8-22-11-14/h1-6,8,10-11H,7,9,12-13H2,(H,23,28). The van der Waals surface area contributed by atoms with Crippen LogP contribution in [0.5, 0.6) is 0 Å². The van der Waals surface area contributed by atoms with Gasteiger partial charge in [-0.15, -0.1) is 0 Å². The molecular weight excluding hydrogens is 361 g/mol. The van der Waals surface area contributed by atoms with E-state index in [9.17, 15) is 14.0 Å². The number of anilines is 1. The summed E-state index contributed by atoms with van der Waals surface area (Å²) >= 11 is 0. The lowest BCUT2D eigenvalue weighted by molar-refractivity contribution is 0.205. The summed E-state index contributed by atoms with van der Waals surface area (Å²) in [5.74, 6) is -0.362. The molecule has 8 heteroatoms. The number of aromatic nitrogens is 3. The highest BCUT2D eigenvalue weighted by molar-refractivity contribution is 5.89. The Bertz CT molecular complexity index is 1050. The average molecular weight is 379 g/mol. The normalized spacial score (nSPS) is 13.1. The number of rotatable bonds is 3. The van der Waals surface area contributed by atoms with E-state index in [0.717, 1.165) is 16.8 Å². The van der Waals surface area contributed by atoms with E-state index in [1.165, 1.54) is 35.0 Å². The third-order valence-corrected chi connectivity index (χ3v) is 4.58. The van der Waals surface area contributed by atoms with Crippen molar-refractivity contribution in [2.45, 2.75) is 19.5 Å². The van der Waals surface area contributed by atoms with Crippen LogP contribution in [0.15, 0.2) is 59.7 Å².